The van der Waals surface area contributed by atoms with E-state index in [0.717, 1.165) is 24.2 Å². The van der Waals surface area contributed by atoms with E-state index in [2.05, 4.69) is 15.3 Å². The lowest BCUT2D eigenvalue weighted by Crippen LogP contribution is -2.41. The summed E-state index contributed by atoms with van der Waals surface area (Å²) in [4.78, 5) is 38.8. The van der Waals surface area contributed by atoms with Crippen LogP contribution in [0.4, 0.5) is 5.69 Å². The van der Waals surface area contributed by atoms with Gasteiger partial charge in [-0.2, -0.15) is 0 Å². The maximum Gasteiger partial charge on any atom is 0.327 e. The molecule has 0 aromatic carbocycles. The van der Waals surface area contributed by atoms with Crippen LogP contribution in [0, 0.1) is 10.1 Å². The van der Waals surface area contributed by atoms with Crippen LogP contribution < -0.4 is 5.32 Å². The predicted molar refractivity (Wildman–Crippen MR) is 64.7 cm³/mol. The summed E-state index contributed by atoms with van der Waals surface area (Å²) in [6.45, 7) is 1.21. The highest BCUT2D eigenvalue weighted by atomic mass is 32.2. The summed E-state index contributed by atoms with van der Waals surface area (Å²) < 4.78 is 0. The monoisotopic (exact) mass is 286 g/mol. The number of hydrogen-bond acceptors (Lipinski definition) is 7. The van der Waals surface area contributed by atoms with Crippen molar-refractivity contribution in [3.8, 4) is 0 Å². The average Bonchev–Trinajstić information content (AvgIpc) is 2.34. The largest absolute Gasteiger partial charge is 0.480 e. The first-order valence-corrected chi connectivity index (χ1v) is 5.98. The van der Waals surface area contributed by atoms with Crippen LogP contribution in [0.25, 0.3) is 0 Å². The third-order valence-corrected chi connectivity index (χ3v) is 2.85. The van der Waals surface area contributed by atoms with Crippen molar-refractivity contribution in [1.29, 1.82) is 0 Å². The van der Waals surface area contributed by atoms with E-state index in [-0.39, 0.29) is 16.6 Å². The standard InChI is InChI=1S/C9H10N4O5S/c1-5(14)12-7(8(15)16)4-19-9-10-2-6(3-11-9)13(17)18/h2-3,7H,4H2,1H3,(H,12,14)(H,15,16). The van der Waals surface area contributed by atoms with Crippen LogP contribution in [-0.4, -0.2) is 43.7 Å². The Bertz CT molecular complexity index is 492. The third-order valence-electron chi connectivity index (χ3n) is 1.88. The minimum Gasteiger partial charge on any atom is -0.480 e. The first-order chi connectivity index (χ1) is 8.90. The van der Waals surface area contributed by atoms with Crippen LogP contribution >= 0.6 is 11.8 Å². The SMILES string of the molecule is CC(=O)NC(CSc1ncc([N+](=O)[O-])cn1)C(=O)O. The predicted octanol–water partition coefficient (Wildman–Crippen LogP) is 0.0662. The molecule has 1 aromatic heterocycles. The Morgan fingerprint density at radius 3 is 2.53 bits per heavy atom. The molecule has 1 rings (SSSR count). The quantitative estimate of drug-likeness (QED) is 0.324. The van der Waals surface area contributed by atoms with Gasteiger partial charge in [0.05, 0.1) is 4.92 Å². The van der Waals surface area contributed by atoms with Gasteiger partial charge in [0.25, 0.3) is 0 Å². The Morgan fingerprint density at radius 1 is 1.53 bits per heavy atom. The number of nitrogens with one attached hydrogen (secondary N) is 1. The molecule has 0 bridgehead atoms. The van der Waals surface area contributed by atoms with E-state index in [4.69, 9.17) is 5.11 Å². The fourth-order valence-corrected chi connectivity index (χ4v) is 1.85. The Kier molecular flexibility index (Phi) is 5.18. The van der Waals surface area contributed by atoms with Crippen LogP contribution in [0.5, 0.6) is 0 Å². The van der Waals surface area contributed by atoms with Crippen molar-refractivity contribution in [3.63, 3.8) is 0 Å². The summed E-state index contributed by atoms with van der Waals surface area (Å²) in [7, 11) is 0. The molecular formula is C9H10N4O5S. The van der Waals surface area contributed by atoms with Crippen LogP contribution in [0.1, 0.15) is 6.92 Å². The van der Waals surface area contributed by atoms with Crippen molar-refractivity contribution < 1.29 is 19.6 Å². The Labute approximate surface area is 111 Å². The highest BCUT2D eigenvalue weighted by molar-refractivity contribution is 7.99. The van der Waals surface area contributed by atoms with E-state index >= 15 is 0 Å². The molecule has 1 atom stereocenters. The van der Waals surface area contributed by atoms with Gasteiger partial charge in [0, 0.05) is 12.7 Å². The zero-order valence-corrected chi connectivity index (χ0v) is 10.6. The zero-order chi connectivity index (χ0) is 14.4. The molecule has 2 N–H and O–H groups in total. The number of aliphatic carboxylic acids is 1. The fourth-order valence-electron chi connectivity index (χ4n) is 1.06. The number of carbonyl (C=O) groups is 2. The second-order valence-corrected chi connectivity index (χ2v) is 4.37. The highest BCUT2D eigenvalue weighted by Gasteiger charge is 2.19. The number of carboxylic acid groups (broad SMARTS) is 1. The highest BCUT2D eigenvalue weighted by Crippen LogP contribution is 2.16. The van der Waals surface area contributed by atoms with Crippen LogP contribution in [0.3, 0.4) is 0 Å². The average molecular weight is 286 g/mol. The summed E-state index contributed by atoms with van der Waals surface area (Å²) in [6.07, 6.45) is 2.06. The molecule has 0 spiro atoms. The van der Waals surface area contributed by atoms with Gasteiger partial charge in [-0.1, -0.05) is 11.8 Å². The topological polar surface area (TPSA) is 135 Å². The lowest BCUT2D eigenvalue weighted by molar-refractivity contribution is -0.385. The van der Waals surface area contributed by atoms with Gasteiger partial charge >= 0.3 is 11.7 Å². The minimum absolute atomic E-state index is 0.0206. The Morgan fingerprint density at radius 2 is 2.11 bits per heavy atom. The van der Waals surface area contributed by atoms with Gasteiger partial charge in [-0.15, -0.1) is 0 Å². The smallest absolute Gasteiger partial charge is 0.327 e. The molecule has 1 heterocycles. The number of carboxylic acids is 1. The molecule has 10 heteroatoms. The number of carbonyl (C=O) groups excluding carboxylic acids is 1. The van der Waals surface area contributed by atoms with Gasteiger partial charge in [0.1, 0.15) is 18.4 Å². The molecule has 0 aliphatic heterocycles. The van der Waals surface area contributed by atoms with Gasteiger partial charge in [-0.05, 0) is 0 Å². The first-order valence-electron chi connectivity index (χ1n) is 4.99. The molecule has 9 nitrogen and oxygen atoms in total. The molecule has 0 radical (unpaired) electrons. The van der Waals surface area contributed by atoms with Crippen LogP contribution in [0.2, 0.25) is 0 Å². The van der Waals surface area contributed by atoms with E-state index in [1.54, 1.807) is 0 Å². The molecule has 0 saturated carbocycles. The molecule has 1 amide bonds. The van der Waals surface area contributed by atoms with E-state index in [1.807, 2.05) is 0 Å². The summed E-state index contributed by atoms with van der Waals surface area (Å²) in [5.74, 6) is -1.62. The fraction of sp³-hybridized carbons (Fsp3) is 0.333. The Balaban J connectivity index is 2.61. The van der Waals surface area contributed by atoms with Gasteiger partial charge in [0.2, 0.25) is 5.91 Å². The lowest BCUT2D eigenvalue weighted by atomic mass is 10.3. The van der Waals surface area contributed by atoms with Crippen LogP contribution in [-0.2, 0) is 9.59 Å². The van der Waals surface area contributed by atoms with E-state index < -0.39 is 22.8 Å². The summed E-state index contributed by atoms with van der Waals surface area (Å²) >= 11 is 0.979. The molecule has 0 aliphatic rings. The number of thioether (sulfide) groups is 1. The molecule has 0 saturated heterocycles. The molecule has 1 aromatic rings. The van der Waals surface area contributed by atoms with E-state index in [1.165, 1.54) is 6.92 Å². The third kappa shape index (κ3) is 4.87. The molecule has 0 fully saturated rings. The van der Waals surface area contributed by atoms with Crippen molar-refractivity contribution >= 4 is 29.3 Å². The van der Waals surface area contributed by atoms with Crippen molar-refractivity contribution in [2.75, 3.05) is 5.75 Å². The van der Waals surface area contributed by atoms with Crippen molar-refractivity contribution in [3.05, 3.63) is 22.5 Å². The lowest BCUT2D eigenvalue weighted by Gasteiger charge is -2.11. The van der Waals surface area contributed by atoms with Gasteiger partial charge in [-0.3, -0.25) is 14.9 Å². The van der Waals surface area contributed by atoms with Crippen LogP contribution in [0.15, 0.2) is 17.6 Å². The second-order valence-electron chi connectivity index (χ2n) is 3.38. The molecular weight excluding hydrogens is 276 g/mol. The maximum atomic E-state index is 10.8. The summed E-state index contributed by atoms with van der Waals surface area (Å²) in [5.41, 5.74) is -0.249. The van der Waals surface area contributed by atoms with Crippen molar-refractivity contribution in [2.24, 2.45) is 0 Å². The Hall–Kier alpha value is -2.23. The number of nitrogens with zero attached hydrogens (tertiary/aromatic N) is 3. The zero-order valence-electron chi connectivity index (χ0n) is 9.77. The number of rotatable bonds is 6. The molecule has 102 valence electrons. The summed E-state index contributed by atoms with van der Waals surface area (Å²) in [6, 6.07) is -1.07. The molecule has 1 unspecified atom stereocenters. The summed E-state index contributed by atoms with van der Waals surface area (Å²) in [5, 5.41) is 21.7. The van der Waals surface area contributed by atoms with Gasteiger partial charge in [-0.25, -0.2) is 14.8 Å². The van der Waals surface area contributed by atoms with E-state index in [0.29, 0.717) is 0 Å². The normalized spacial score (nSPS) is 11.6. The second kappa shape index (κ2) is 6.64. The van der Waals surface area contributed by atoms with Crippen molar-refractivity contribution in [1.82, 2.24) is 15.3 Å². The first kappa shape index (κ1) is 14.8. The number of aromatic nitrogens is 2. The van der Waals surface area contributed by atoms with E-state index in [9.17, 15) is 19.7 Å². The van der Waals surface area contributed by atoms with Gasteiger partial charge in [0.15, 0.2) is 5.16 Å². The molecule has 0 aliphatic carbocycles. The number of nitro groups is 1. The molecule has 19 heavy (non-hydrogen) atoms. The minimum atomic E-state index is -1.18. The maximum absolute atomic E-state index is 10.8. The van der Waals surface area contributed by atoms with Crippen molar-refractivity contribution in [2.45, 2.75) is 18.1 Å². The van der Waals surface area contributed by atoms with Gasteiger partial charge < -0.3 is 10.4 Å². The number of hydrogen-bond donors (Lipinski definition) is 2. The number of amides is 1.